The fourth-order valence-corrected chi connectivity index (χ4v) is 1.55. The van der Waals surface area contributed by atoms with Crippen LogP contribution in [0.5, 0.6) is 0 Å². The highest BCUT2D eigenvalue weighted by Gasteiger charge is 2.16. The van der Waals surface area contributed by atoms with Crippen molar-refractivity contribution in [2.75, 3.05) is 11.9 Å². The third kappa shape index (κ3) is 8.35. The molecule has 1 aromatic carbocycles. The Kier molecular flexibility index (Phi) is 6.44. The van der Waals surface area contributed by atoms with Gasteiger partial charge in [-0.1, -0.05) is 18.7 Å². The molecule has 0 radical (unpaired) electrons. The van der Waals surface area contributed by atoms with E-state index in [1.807, 2.05) is 0 Å². The van der Waals surface area contributed by atoms with Gasteiger partial charge in [-0.15, -0.1) is 0 Å². The van der Waals surface area contributed by atoms with E-state index in [2.05, 4.69) is 22.5 Å². The van der Waals surface area contributed by atoms with Gasteiger partial charge in [-0.3, -0.25) is 5.32 Å². The van der Waals surface area contributed by atoms with Crippen molar-refractivity contribution in [2.24, 2.45) is 0 Å². The van der Waals surface area contributed by atoms with Crippen LogP contribution in [-0.2, 0) is 11.3 Å². The summed E-state index contributed by atoms with van der Waals surface area (Å²) in [4.78, 5) is 23.0. The second kappa shape index (κ2) is 8.07. The van der Waals surface area contributed by atoms with Crippen molar-refractivity contribution in [2.45, 2.75) is 32.9 Å². The molecular formula is C16H23N3O4. The highest BCUT2D eigenvalue weighted by molar-refractivity contribution is 5.84. The summed E-state index contributed by atoms with van der Waals surface area (Å²) in [7, 11) is 0. The minimum absolute atomic E-state index is 0.00454. The molecule has 7 heteroatoms. The first kappa shape index (κ1) is 18.3. The second-order valence-electron chi connectivity index (χ2n) is 5.93. The molecular weight excluding hydrogens is 298 g/mol. The van der Waals surface area contributed by atoms with E-state index in [9.17, 15) is 9.59 Å². The molecule has 4 N–H and O–H groups in total. The summed E-state index contributed by atoms with van der Waals surface area (Å²) in [5, 5.41) is 16.6. The molecule has 0 aliphatic rings. The minimum Gasteiger partial charge on any atom is -0.511 e. The fourth-order valence-electron chi connectivity index (χ4n) is 1.55. The van der Waals surface area contributed by atoms with Crippen LogP contribution >= 0.6 is 0 Å². The Balaban J connectivity index is 2.43. The number of hydrogen-bond donors (Lipinski definition) is 4. The monoisotopic (exact) mass is 321 g/mol. The van der Waals surface area contributed by atoms with E-state index in [4.69, 9.17) is 9.84 Å². The van der Waals surface area contributed by atoms with E-state index < -0.39 is 17.7 Å². The largest absolute Gasteiger partial charge is 0.511 e. The van der Waals surface area contributed by atoms with Gasteiger partial charge >= 0.3 is 12.1 Å². The van der Waals surface area contributed by atoms with Gasteiger partial charge in [-0.05, 0) is 38.5 Å². The highest BCUT2D eigenvalue weighted by atomic mass is 16.6. The standard InChI is InChI=1S/C16H23N3O4/c1-11(20)9-17-14(21)18-10-12-5-7-13(8-6-12)19-15(22)23-16(2,3)4/h5-8,20H,1,9-10H2,2-4H3,(H,19,22)(H2,17,18,21). The summed E-state index contributed by atoms with van der Waals surface area (Å²) in [5.41, 5.74) is 0.906. The van der Waals surface area contributed by atoms with Crippen molar-refractivity contribution in [3.63, 3.8) is 0 Å². The van der Waals surface area contributed by atoms with Gasteiger partial charge in [0.05, 0.1) is 6.54 Å². The smallest absolute Gasteiger partial charge is 0.412 e. The number of benzene rings is 1. The first-order valence-corrected chi connectivity index (χ1v) is 7.13. The van der Waals surface area contributed by atoms with Gasteiger partial charge in [0, 0.05) is 12.2 Å². The summed E-state index contributed by atoms with van der Waals surface area (Å²) in [6.07, 6.45) is -0.521. The Hall–Kier alpha value is -2.70. The Bertz CT molecular complexity index is 562. The number of aliphatic hydroxyl groups excluding tert-OH is 1. The predicted octanol–water partition coefficient (Wildman–Crippen LogP) is 2.90. The molecule has 0 saturated heterocycles. The molecule has 0 heterocycles. The lowest BCUT2D eigenvalue weighted by Crippen LogP contribution is -2.36. The van der Waals surface area contributed by atoms with Crippen LogP contribution in [0.4, 0.5) is 15.3 Å². The molecule has 0 aliphatic carbocycles. The molecule has 7 nitrogen and oxygen atoms in total. The van der Waals surface area contributed by atoms with E-state index in [-0.39, 0.29) is 12.3 Å². The second-order valence-corrected chi connectivity index (χ2v) is 5.93. The van der Waals surface area contributed by atoms with Crippen LogP contribution in [0.25, 0.3) is 0 Å². The summed E-state index contributed by atoms with van der Waals surface area (Å²) in [6.45, 7) is 8.96. The van der Waals surface area contributed by atoms with E-state index in [0.29, 0.717) is 12.2 Å². The van der Waals surface area contributed by atoms with Crippen LogP contribution in [0.1, 0.15) is 26.3 Å². The third-order valence-corrected chi connectivity index (χ3v) is 2.51. The first-order valence-electron chi connectivity index (χ1n) is 7.13. The molecule has 23 heavy (non-hydrogen) atoms. The number of aliphatic hydroxyl groups is 1. The molecule has 1 aromatic rings. The van der Waals surface area contributed by atoms with Crippen LogP contribution < -0.4 is 16.0 Å². The number of carbonyl (C=O) groups excluding carboxylic acids is 2. The van der Waals surface area contributed by atoms with Crippen molar-refractivity contribution in [1.29, 1.82) is 0 Å². The van der Waals surface area contributed by atoms with Crippen molar-refractivity contribution in [1.82, 2.24) is 10.6 Å². The molecule has 0 fully saturated rings. The Labute approximate surface area is 135 Å². The quantitative estimate of drug-likeness (QED) is 0.627. The third-order valence-electron chi connectivity index (χ3n) is 2.51. The summed E-state index contributed by atoms with van der Waals surface area (Å²) in [5.74, 6) is -0.113. The Morgan fingerprint density at radius 2 is 1.78 bits per heavy atom. The zero-order valence-corrected chi connectivity index (χ0v) is 13.6. The number of rotatable bonds is 5. The van der Waals surface area contributed by atoms with Gasteiger partial charge < -0.3 is 20.5 Å². The number of urea groups is 1. The molecule has 0 bridgehead atoms. The van der Waals surface area contributed by atoms with Crippen molar-refractivity contribution >= 4 is 17.8 Å². The normalized spacial score (nSPS) is 10.6. The lowest BCUT2D eigenvalue weighted by atomic mass is 10.2. The average Bonchev–Trinajstić information content (AvgIpc) is 2.42. The van der Waals surface area contributed by atoms with Crippen LogP contribution in [-0.4, -0.2) is 29.4 Å². The van der Waals surface area contributed by atoms with Crippen LogP contribution in [0.3, 0.4) is 0 Å². The van der Waals surface area contributed by atoms with Gasteiger partial charge in [0.25, 0.3) is 0 Å². The lowest BCUT2D eigenvalue weighted by molar-refractivity contribution is 0.0636. The molecule has 0 unspecified atom stereocenters. The summed E-state index contributed by atoms with van der Waals surface area (Å²) >= 11 is 0. The molecule has 0 saturated carbocycles. The molecule has 3 amide bonds. The number of nitrogens with one attached hydrogen (secondary N) is 3. The maximum Gasteiger partial charge on any atom is 0.412 e. The highest BCUT2D eigenvalue weighted by Crippen LogP contribution is 2.12. The Morgan fingerprint density at radius 1 is 1.17 bits per heavy atom. The fraction of sp³-hybridized carbons (Fsp3) is 0.375. The lowest BCUT2D eigenvalue weighted by Gasteiger charge is -2.19. The number of hydrogen-bond acceptors (Lipinski definition) is 4. The zero-order valence-electron chi connectivity index (χ0n) is 13.6. The maximum atomic E-state index is 11.6. The first-order chi connectivity index (χ1) is 10.7. The average molecular weight is 321 g/mol. The van der Waals surface area contributed by atoms with E-state index in [1.54, 1.807) is 45.0 Å². The minimum atomic E-state index is -0.554. The van der Waals surface area contributed by atoms with Crippen LogP contribution in [0.2, 0.25) is 0 Å². The van der Waals surface area contributed by atoms with Gasteiger partial charge in [-0.2, -0.15) is 0 Å². The van der Waals surface area contributed by atoms with Crippen molar-refractivity contribution < 1.29 is 19.4 Å². The SMILES string of the molecule is C=C(O)CNC(=O)NCc1ccc(NC(=O)OC(C)(C)C)cc1. The summed E-state index contributed by atoms with van der Waals surface area (Å²) in [6, 6.07) is 6.58. The summed E-state index contributed by atoms with van der Waals surface area (Å²) < 4.78 is 5.15. The van der Waals surface area contributed by atoms with Gasteiger partial charge in [-0.25, -0.2) is 9.59 Å². The molecule has 0 aromatic heterocycles. The van der Waals surface area contributed by atoms with Gasteiger partial charge in [0.2, 0.25) is 0 Å². The molecule has 0 atom stereocenters. The van der Waals surface area contributed by atoms with Crippen molar-refractivity contribution in [3.05, 3.63) is 42.2 Å². The zero-order chi connectivity index (χ0) is 17.5. The van der Waals surface area contributed by atoms with Crippen LogP contribution in [0.15, 0.2) is 36.6 Å². The van der Waals surface area contributed by atoms with E-state index >= 15 is 0 Å². The van der Waals surface area contributed by atoms with E-state index in [1.165, 1.54) is 0 Å². The number of carbonyl (C=O) groups is 2. The topological polar surface area (TPSA) is 99.7 Å². The molecule has 0 aliphatic heterocycles. The van der Waals surface area contributed by atoms with Crippen molar-refractivity contribution in [3.8, 4) is 0 Å². The number of anilines is 1. The van der Waals surface area contributed by atoms with Gasteiger partial charge in [0.15, 0.2) is 0 Å². The molecule has 1 rings (SSSR count). The Morgan fingerprint density at radius 3 is 2.30 bits per heavy atom. The number of ether oxygens (including phenoxy) is 1. The molecule has 0 spiro atoms. The van der Waals surface area contributed by atoms with E-state index in [0.717, 1.165) is 5.56 Å². The number of amides is 3. The maximum absolute atomic E-state index is 11.6. The van der Waals surface area contributed by atoms with Gasteiger partial charge in [0.1, 0.15) is 11.4 Å². The molecule has 126 valence electrons. The predicted molar refractivity (Wildman–Crippen MR) is 88.3 cm³/mol. The van der Waals surface area contributed by atoms with Crippen LogP contribution in [0, 0.1) is 0 Å².